The lowest BCUT2D eigenvalue weighted by Crippen LogP contribution is -2.25. The van der Waals surface area contributed by atoms with Gasteiger partial charge in [0.1, 0.15) is 54.0 Å². The standard InChI is InChI=1S/C13H12BrN7O2.C13H12ClN7O2.C13H12FN7O2.C13H13N7O2/c3*1-8-5-3-4-6-10(8)23-7-9-11(14)15-17-16-12(9)21-13(22)20(2)18-19-21;1-9-5-3-4-6-11(9)22-8-10-7-14-16-15-12(10)20-13(21)19(2)17-18-20/h3*3-6H,7H2,1-2H3;3-7H,8H2,1-2H3/i4*3T. The van der Waals surface area contributed by atoms with Crippen LogP contribution in [0.15, 0.2) is 127 Å². The van der Waals surface area contributed by atoms with Crippen molar-refractivity contribution in [3.05, 3.63) is 205 Å². The molecule has 39 heteroatoms. The molecule has 91 heavy (non-hydrogen) atoms. The van der Waals surface area contributed by atoms with E-state index in [1.807, 2.05) is 20.8 Å². The molecule has 36 nitrogen and oxygen atoms in total. The molecule has 12 aromatic rings. The van der Waals surface area contributed by atoms with Gasteiger partial charge in [-0.15, -0.1) is 54.4 Å². The lowest BCUT2D eigenvalue weighted by Gasteiger charge is -2.11. The van der Waals surface area contributed by atoms with Gasteiger partial charge in [-0.3, -0.25) is 0 Å². The predicted molar refractivity (Wildman–Crippen MR) is 315 cm³/mol. The number of halogens is 3. The third-order valence-corrected chi connectivity index (χ3v) is 13.3. The van der Waals surface area contributed by atoms with Crippen molar-refractivity contribution < 1.29 is 28.8 Å². The quantitative estimate of drug-likeness (QED) is 0.133. The van der Waals surface area contributed by atoms with E-state index in [0.717, 1.165) is 59.7 Å². The predicted octanol–water partition coefficient (Wildman–Crippen LogP) is 1.71. The largest absolute Gasteiger partial charge is 0.488 e. The summed E-state index contributed by atoms with van der Waals surface area (Å²) in [5.74, 6) is 1.74. The highest BCUT2D eigenvalue weighted by Gasteiger charge is 2.22. The third kappa shape index (κ3) is 15.2. The summed E-state index contributed by atoms with van der Waals surface area (Å²) in [5.41, 5.74) is 2.48. The van der Waals surface area contributed by atoms with Crippen LogP contribution in [0.1, 0.15) is 50.0 Å². The number of rotatable bonds is 16. The summed E-state index contributed by atoms with van der Waals surface area (Å²) >= 11 is 9.36. The number of benzene rings is 4. The molecule has 4 aromatic carbocycles. The molecule has 0 atom stereocenters. The van der Waals surface area contributed by atoms with Crippen LogP contribution in [-0.4, -0.2) is 141 Å². The van der Waals surface area contributed by atoms with Crippen molar-refractivity contribution in [3.8, 4) is 46.3 Å². The van der Waals surface area contributed by atoms with Gasteiger partial charge in [0.2, 0.25) is 5.95 Å². The summed E-state index contributed by atoms with van der Waals surface area (Å²) in [4.78, 5) is 47.9. The monoisotopic (exact) mass is 1330 g/mol. The summed E-state index contributed by atoms with van der Waals surface area (Å²) in [6.45, 7) is 7.25. The second-order valence-corrected chi connectivity index (χ2v) is 19.6. The zero-order chi connectivity index (χ0) is 68.2. The number of aromatic nitrogens is 28. The molecule has 8 aromatic heterocycles. The van der Waals surface area contributed by atoms with Crippen molar-refractivity contribution in [2.24, 2.45) is 28.2 Å². The SMILES string of the molecule is [3H]c1ccc(OCc2c(Br)nnnc2-n2nnn(C)c2=O)c(C)c1.[3H]c1ccc(OCc2c(Cl)nnnc2-n2nnn(C)c2=O)c(C)c1.[3H]c1ccc(OCc2c(F)nnnc2-n2nnn(C)c2=O)c(C)c1.[3H]c1ccc(OCc2cnnnc2-n2nnn(C)c2=O)c(C)c1. The van der Waals surface area contributed by atoms with Crippen LogP contribution in [0, 0.1) is 33.6 Å². The van der Waals surface area contributed by atoms with Crippen LogP contribution in [-0.2, 0) is 54.6 Å². The Hall–Kier alpha value is -11.7. The first-order chi connectivity index (χ1) is 45.5. The second-order valence-electron chi connectivity index (χ2n) is 18.5. The summed E-state index contributed by atoms with van der Waals surface area (Å²) in [6.07, 6.45) is 1.46. The van der Waals surface area contributed by atoms with Gasteiger partial charge in [-0.1, -0.05) is 89.4 Å². The van der Waals surface area contributed by atoms with Gasteiger partial charge in [-0.2, -0.15) is 23.1 Å². The van der Waals surface area contributed by atoms with Gasteiger partial charge in [-0.05, 0) is 153 Å². The van der Waals surface area contributed by atoms with E-state index >= 15 is 0 Å². The Morgan fingerprint density at radius 2 is 0.780 bits per heavy atom. The first-order valence-electron chi connectivity index (χ1n) is 28.1. The van der Waals surface area contributed by atoms with E-state index in [2.05, 4.69) is 119 Å². The van der Waals surface area contributed by atoms with E-state index < -0.39 is 28.7 Å². The highest BCUT2D eigenvalue weighted by molar-refractivity contribution is 9.10. The highest BCUT2D eigenvalue weighted by Crippen LogP contribution is 2.25. The minimum Gasteiger partial charge on any atom is -0.488 e. The Morgan fingerprint density at radius 1 is 0.440 bits per heavy atom. The number of nitrogens with zero attached hydrogens (tertiary/aromatic N) is 28. The lowest BCUT2D eigenvalue weighted by molar-refractivity contribution is 0.292. The molecule has 0 aliphatic rings. The summed E-state index contributed by atoms with van der Waals surface area (Å²) < 4.78 is 75.5. The van der Waals surface area contributed by atoms with Crippen molar-refractivity contribution >= 4 is 27.5 Å². The molecular formula is C52H49BrClFN28O8. The van der Waals surface area contributed by atoms with Gasteiger partial charge in [0.15, 0.2) is 28.4 Å². The molecule has 0 saturated carbocycles. The molecule has 0 saturated heterocycles. The number of tetrazole rings is 4. The van der Waals surface area contributed by atoms with Crippen LogP contribution < -0.4 is 41.7 Å². The molecule has 0 amide bonds. The zero-order valence-corrected chi connectivity index (χ0v) is 51.1. The normalized spacial score (nSPS) is 11.3. The van der Waals surface area contributed by atoms with Gasteiger partial charge >= 0.3 is 22.8 Å². The topological polar surface area (TPSA) is 402 Å². The number of hydrogen-bond acceptors (Lipinski definition) is 28. The summed E-state index contributed by atoms with van der Waals surface area (Å²) in [6, 6.07) is 21.4. The molecule has 0 aliphatic carbocycles. The fourth-order valence-corrected chi connectivity index (χ4v) is 7.97. The van der Waals surface area contributed by atoms with Gasteiger partial charge in [0.05, 0.1) is 33.9 Å². The lowest BCUT2D eigenvalue weighted by atomic mass is 10.2. The molecule has 0 bridgehead atoms. The van der Waals surface area contributed by atoms with Crippen LogP contribution in [0.4, 0.5) is 4.39 Å². The van der Waals surface area contributed by atoms with Crippen LogP contribution in [0.25, 0.3) is 23.3 Å². The second kappa shape index (κ2) is 29.3. The summed E-state index contributed by atoms with van der Waals surface area (Å²) in [7, 11) is 5.84. The Bertz CT molecular complexity index is 4640. The molecular weight excluding hydrogens is 1280 g/mol. The van der Waals surface area contributed by atoms with Crippen molar-refractivity contribution in [2.75, 3.05) is 0 Å². The smallest absolute Gasteiger partial charge is 0.369 e. The molecule has 466 valence electrons. The van der Waals surface area contributed by atoms with E-state index in [1.165, 1.54) is 34.4 Å². The number of para-hydroxylation sites is 4. The van der Waals surface area contributed by atoms with Crippen molar-refractivity contribution in [1.29, 1.82) is 0 Å². The van der Waals surface area contributed by atoms with E-state index in [0.29, 0.717) is 68.5 Å². The van der Waals surface area contributed by atoms with E-state index in [-0.39, 0.29) is 60.4 Å². The molecule has 12 rings (SSSR count). The maximum absolute atomic E-state index is 14.0. The van der Waals surface area contributed by atoms with E-state index in [4.69, 9.17) is 36.0 Å². The number of ether oxygens (including phenoxy) is 4. The van der Waals surface area contributed by atoms with Gasteiger partial charge in [0, 0.05) is 28.2 Å². The van der Waals surface area contributed by atoms with Gasteiger partial charge < -0.3 is 18.9 Å². The van der Waals surface area contributed by atoms with E-state index in [9.17, 15) is 23.6 Å². The van der Waals surface area contributed by atoms with Crippen LogP contribution in [0.3, 0.4) is 0 Å². The fraction of sp³-hybridized carbons (Fsp3) is 0.231. The molecule has 0 radical (unpaired) electrons. The van der Waals surface area contributed by atoms with Gasteiger partial charge in [0.25, 0.3) is 0 Å². The minimum absolute atomic E-state index is 0.00210. The van der Waals surface area contributed by atoms with E-state index in [1.54, 1.807) is 79.7 Å². The highest BCUT2D eigenvalue weighted by atomic mass is 79.9. The van der Waals surface area contributed by atoms with Crippen molar-refractivity contribution in [1.82, 2.24) is 141 Å². The Balaban J connectivity index is 0.000000149. The van der Waals surface area contributed by atoms with Gasteiger partial charge in [-0.25, -0.2) is 19.2 Å². The number of aryl methyl sites for hydroxylation is 8. The molecule has 0 aliphatic heterocycles. The maximum Gasteiger partial charge on any atom is 0.369 e. The first kappa shape index (κ1) is 58.3. The Labute approximate surface area is 529 Å². The summed E-state index contributed by atoms with van der Waals surface area (Å²) in [5, 5.41) is 72.9. The molecule has 0 unspecified atom stereocenters. The molecule has 8 heterocycles. The first-order valence-corrected chi connectivity index (χ1v) is 27.2. The minimum atomic E-state index is -0.924. The Morgan fingerprint density at radius 3 is 1.19 bits per heavy atom. The van der Waals surface area contributed by atoms with Crippen LogP contribution in [0.5, 0.6) is 23.0 Å². The van der Waals surface area contributed by atoms with Crippen molar-refractivity contribution in [2.45, 2.75) is 54.1 Å². The molecule has 0 N–H and O–H groups in total. The fourth-order valence-electron chi connectivity index (χ4n) is 7.44. The van der Waals surface area contributed by atoms with Crippen LogP contribution in [0.2, 0.25) is 5.15 Å². The maximum atomic E-state index is 14.0. The third-order valence-electron chi connectivity index (χ3n) is 12.3. The van der Waals surface area contributed by atoms with Crippen LogP contribution >= 0.6 is 27.5 Å². The average molecular weight is 1340 g/mol. The number of hydrogen-bond donors (Lipinski definition) is 0. The Kier molecular flexibility index (Phi) is 18.8. The molecule has 0 fully saturated rings. The molecule has 0 spiro atoms. The zero-order valence-electron chi connectivity index (χ0n) is 52.8. The van der Waals surface area contributed by atoms with Crippen molar-refractivity contribution in [3.63, 3.8) is 0 Å². The average Bonchev–Trinajstić information content (AvgIpc) is 1.86.